The molecule has 0 aliphatic rings. The number of carboxylic acid groups (broad SMARTS) is 1. The van der Waals surface area contributed by atoms with E-state index in [0.717, 1.165) is 0 Å². The number of hydrogen-bond acceptors (Lipinski definition) is 9. The van der Waals surface area contributed by atoms with E-state index in [1.807, 2.05) is 0 Å². The van der Waals surface area contributed by atoms with E-state index in [1.54, 1.807) is 7.11 Å². The van der Waals surface area contributed by atoms with Gasteiger partial charge in [-0.1, -0.05) is 0 Å². The molecule has 0 saturated heterocycles. The highest BCUT2D eigenvalue weighted by Crippen LogP contribution is 1.90. The summed E-state index contributed by atoms with van der Waals surface area (Å²) in [4.78, 5) is 21.6. The normalized spacial score (nSPS) is 11.0. The van der Waals surface area contributed by atoms with Crippen LogP contribution in [0.4, 0.5) is 0 Å². The van der Waals surface area contributed by atoms with Crippen LogP contribution < -0.4 is 5.32 Å². The first kappa shape index (κ1) is 29.7. The lowest BCUT2D eigenvalue weighted by molar-refractivity contribution is -0.138. The molecule has 1 amide bonds. The number of rotatable bonds is 25. The molecule has 0 spiro atoms. The first-order chi connectivity index (χ1) is 15.2. The summed E-state index contributed by atoms with van der Waals surface area (Å²) in [7, 11) is 1.63. The van der Waals surface area contributed by atoms with Crippen LogP contribution in [0.5, 0.6) is 0 Å². The number of ether oxygens (including phenoxy) is 7. The van der Waals surface area contributed by atoms with Crippen molar-refractivity contribution in [1.29, 1.82) is 0 Å². The van der Waals surface area contributed by atoms with E-state index in [4.69, 9.17) is 38.3 Å². The molecular formula is C20H39NO10. The van der Waals surface area contributed by atoms with Gasteiger partial charge in [0.15, 0.2) is 0 Å². The number of nitrogens with one attached hydrogen (secondary N) is 1. The first-order valence-electron chi connectivity index (χ1n) is 10.6. The zero-order chi connectivity index (χ0) is 22.8. The molecule has 184 valence electrons. The predicted molar refractivity (Wildman–Crippen MR) is 111 cm³/mol. The molecule has 11 nitrogen and oxygen atoms in total. The predicted octanol–water partition coefficient (Wildman–Crippen LogP) is 0.104. The average molecular weight is 454 g/mol. The van der Waals surface area contributed by atoms with Gasteiger partial charge in [0, 0.05) is 26.7 Å². The summed E-state index contributed by atoms with van der Waals surface area (Å²) < 4.78 is 37.0. The summed E-state index contributed by atoms with van der Waals surface area (Å²) in [6, 6.07) is 0. The van der Waals surface area contributed by atoms with Crippen molar-refractivity contribution in [3.05, 3.63) is 0 Å². The third-order valence-corrected chi connectivity index (χ3v) is 3.65. The molecule has 0 aromatic carbocycles. The number of carboxylic acids is 1. The van der Waals surface area contributed by atoms with Crippen LogP contribution in [0.3, 0.4) is 0 Å². The largest absolute Gasteiger partial charge is 0.481 e. The molecule has 0 radical (unpaired) electrons. The zero-order valence-corrected chi connectivity index (χ0v) is 18.6. The third-order valence-electron chi connectivity index (χ3n) is 3.65. The number of carbonyl (C=O) groups excluding carboxylic acids is 1. The van der Waals surface area contributed by atoms with Crippen molar-refractivity contribution in [2.24, 2.45) is 0 Å². The third kappa shape index (κ3) is 26.6. The van der Waals surface area contributed by atoms with Gasteiger partial charge in [-0.25, -0.2) is 0 Å². The fourth-order valence-corrected chi connectivity index (χ4v) is 2.05. The molecule has 0 fully saturated rings. The molecule has 0 atom stereocenters. The summed E-state index contributed by atoms with van der Waals surface area (Å²) in [5.74, 6) is -1.24. The Kier molecular flexibility index (Phi) is 23.8. The van der Waals surface area contributed by atoms with Gasteiger partial charge in [-0.05, 0) is 6.42 Å². The van der Waals surface area contributed by atoms with E-state index in [2.05, 4.69) is 5.32 Å². The SMILES string of the molecule is COCCOCCOCCOCCOCCOCCOCCCNC(=O)CCC(=O)O. The van der Waals surface area contributed by atoms with Crippen molar-refractivity contribution in [2.45, 2.75) is 19.3 Å². The maximum absolute atomic E-state index is 11.3. The van der Waals surface area contributed by atoms with Gasteiger partial charge >= 0.3 is 5.97 Å². The Bertz CT molecular complexity index is 411. The highest BCUT2D eigenvalue weighted by Gasteiger charge is 2.04. The van der Waals surface area contributed by atoms with Gasteiger partial charge in [0.2, 0.25) is 5.91 Å². The highest BCUT2D eigenvalue weighted by molar-refractivity contribution is 5.80. The molecule has 0 aliphatic heterocycles. The number of methoxy groups -OCH3 is 1. The smallest absolute Gasteiger partial charge is 0.303 e. The van der Waals surface area contributed by atoms with E-state index in [9.17, 15) is 9.59 Å². The lowest BCUT2D eigenvalue weighted by Crippen LogP contribution is -2.25. The Hall–Kier alpha value is -1.34. The van der Waals surface area contributed by atoms with Gasteiger partial charge in [0.25, 0.3) is 0 Å². The van der Waals surface area contributed by atoms with Gasteiger partial charge < -0.3 is 43.6 Å². The van der Waals surface area contributed by atoms with Gasteiger partial charge in [-0.3, -0.25) is 9.59 Å². The maximum atomic E-state index is 11.3. The minimum atomic E-state index is -0.977. The van der Waals surface area contributed by atoms with Crippen LogP contribution in [0.1, 0.15) is 19.3 Å². The molecule has 2 N–H and O–H groups in total. The summed E-state index contributed by atoms with van der Waals surface area (Å²) in [6.45, 7) is 7.15. The van der Waals surface area contributed by atoms with Crippen molar-refractivity contribution >= 4 is 11.9 Å². The topological polar surface area (TPSA) is 131 Å². The van der Waals surface area contributed by atoms with E-state index >= 15 is 0 Å². The van der Waals surface area contributed by atoms with Crippen LogP contribution in [0.15, 0.2) is 0 Å². The molecule has 0 bridgehead atoms. The molecule has 0 aliphatic carbocycles. The fourth-order valence-electron chi connectivity index (χ4n) is 2.05. The minimum absolute atomic E-state index is 0.00148. The van der Waals surface area contributed by atoms with E-state index in [1.165, 1.54) is 0 Å². The molecular weight excluding hydrogens is 414 g/mol. The molecule has 0 saturated carbocycles. The Morgan fingerprint density at radius 3 is 1.39 bits per heavy atom. The number of aliphatic carboxylic acids is 1. The van der Waals surface area contributed by atoms with E-state index in [-0.39, 0.29) is 18.7 Å². The summed E-state index contributed by atoms with van der Waals surface area (Å²) >= 11 is 0. The Morgan fingerprint density at radius 2 is 1.00 bits per heavy atom. The quantitative estimate of drug-likeness (QED) is 0.184. The van der Waals surface area contributed by atoms with Crippen molar-refractivity contribution < 1.29 is 47.9 Å². The second kappa shape index (κ2) is 24.9. The minimum Gasteiger partial charge on any atom is -0.481 e. The number of amides is 1. The van der Waals surface area contributed by atoms with Crippen molar-refractivity contribution in [2.75, 3.05) is 99.5 Å². The maximum Gasteiger partial charge on any atom is 0.303 e. The lowest BCUT2D eigenvalue weighted by atomic mass is 10.3. The van der Waals surface area contributed by atoms with Gasteiger partial charge in [-0.15, -0.1) is 0 Å². The van der Waals surface area contributed by atoms with Crippen LogP contribution in [-0.4, -0.2) is 117 Å². The van der Waals surface area contributed by atoms with Crippen molar-refractivity contribution in [3.8, 4) is 0 Å². The van der Waals surface area contributed by atoms with E-state index < -0.39 is 5.97 Å². The highest BCUT2D eigenvalue weighted by atomic mass is 16.6. The van der Waals surface area contributed by atoms with Crippen LogP contribution in [0.25, 0.3) is 0 Å². The van der Waals surface area contributed by atoms with Gasteiger partial charge in [0.05, 0.1) is 85.7 Å². The fraction of sp³-hybridized carbons (Fsp3) is 0.900. The number of hydrogen-bond donors (Lipinski definition) is 2. The summed E-state index contributed by atoms with van der Waals surface area (Å²) in [5, 5.41) is 11.1. The number of carbonyl (C=O) groups is 2. The molecule has 0 heterocycles. The molecule has 31 heavy (non-hydrogen) atoms. The van der Waals surface area contributed by atoms with Crippen LogP contribution in [-0.2, 0) is 42.7 Å². The second-order valence-corrected chi connectivity index (χ2v) is 6.26. The molecule has 0 aromatic rings. The van der Waals surface area contributed by atoms with Crippen LogP contribution >= 0.6 is 0 Å². The Balaban J connectivity index is 3.08. The van der Waals surface area contributed by atoms with Gasteiger partial charge in [0.1, 0.15) is 0 Å². The molecule has 0 rings (SSSR count). The van der Waals surface area contributed by atoms with Crippen molar-refractivity contribution in [1.82, 2.24) is 5.32 Å². The lowest BCUT2D eigenvalue weighted by Gasteiger charge is -2.08. The Labute approximate surface area is 184 Å². The summed E-state index contributed by atoms with van der Waals surface area (Å²) in [6.07, 6.45) is 0.505. The second-order valence-electron chi connectivity index (χ2n) is 6.26. The molecule has 0 aromatic heterocycles. The summed E-state index contributed by atoms with van der Waals surface area (Å²) in [5.41, 5.74) is 0. The van der Waals surface area contributed by atoms with Crippen LogP contribution in [0, 0.1) is 0 Å². The van der Waals surface area contributed by atoms with Gasteiger partial charge in [-0.2, -0.15) is 0 Å². The average Bonchev–Trinajstić information content (AvgIpc) is 2.75. The van der Waals surface area contributed by atoms with Crippen molar-refractivity contribution in [3.63, 3.8) is 0 Å². The first-order valence-corrected chi connectivity index (χ1v) is 10.6. The Morgan fingerprint density at radius 1 is 0.613 bits per heavy atom. The van der Waals surface area contributed by atoms with Crippen LogP contribution in [0.2, 0.25) is 0 Å². The zero-order valence-electron chi connectivity index (χ0n) is 18.6. The monoisotopic (exact) mass is 453 g/mol. The van der Waals surface area contributed by atoms with E-state index in [0.29, 0.717) is 98.9 Å². The standard InChI is InChI=1S/C20H39NO10/c1-25-7-8-27-11-12-29-15-16-31-18-17-30-14-13-28-10-9-26-6-2-5-21-19(22)3-4-20(23)24/h2-18H2,1H3,(H,21,22)(H,23,24). The molecule has 11 heteroatoms. The molecule has 0 unspecified atom stereocenters.